The molecular formula is C22H19BrN2O2S. The predicted octanol–water partition coefficient (Wildman–Crippen LogP) is 5.40. The summed E-state index contributed by atoms with van der Waals surface area (Å²) in [6.07, 6.45) is 0. The second-order valence-corrected chi connectivity index (χ2v) is 8.10. The number of thiazole rings is 1. The molecule has 0 bridgehead atoms. The minimum Gasteiger partial charge on any atom is -0.380 e. The third-order valence-electron chi connectivity index (χ3n) is 4.54. The van der Waals surface area contributed by atoms with Gasteiger partial charge in [0.2, 0.25) is 0 Å². The van der Waals surface area contributed by atoms with Gasteiger partial charge in [-0.1, -0.05) is 53.8 Å². The second kappa shape index (κ2) is 8.39. The van der Waals surface area contributed by atoms with Gasteiger partial charge < -0.3 is 9.30 Å². The first kappa shape index (κ1) is 19.1. The highest BCUT2D eigenvalue weighted by molar-refractivity contribution is 9.10. The normalized spacial score (nSPS) is 12.1. The van der Waals surface area contributed by atoms with Gasteiger partial charge >= 0.3 is 0 Å². The van der Waals surface area contributed by atoms with Crippen molar-refractivity contribution in [2.75, 3.05) is 13.2 Å². The lowest BCUT2D eigenvalue weighted by atomic mass is 10.1. The molecule has 142 valence electrons. The number of nitrogens with zero attached hydrogens (tertiary/aromatic N) is 2. The van der Waals surface area contributed by atoms with Gasteiger partial charge in [-0.25, -0.2) is 0 Å². The van der Waals surface area contributed by atoms with E-state index in [-0.39, 0.29) is 5.91 Å². The fourth-order valence-corrected chi connectivity index (χ4v) is 4.83. The zero-order valence-corrected chi connectivity index (χ0v) is 17.8. The molecular weight excluding hydrogens is 436 g/mol. The number of hydrogen-bond acceptors (Lipinski definition) is 3. The van der Waals surface area contributed by atoms with E-state index < -0.39 is 0 Å². The molecule has 4 aromatic rings. The summed E-state index contributed by atoms with van der Waals surface area (Å²) >= 11 is 4.99. The van der Waals surface area contributed by atoms with Crippen molar-refractivity contribution < 1.29 is 9.53 Å². The highest BCUT2D eigenvalue weighted by Gasteiger charge is 2.13. The van der Waals surface area contributed by atoms with E-state index in [0.717, 1.165) is 14.7 Å². The van der Waals surface area contributed by atoms with Gasteiger partial charge in [0.1, 0.15) is 0 Å². The quantitative estimate of drug-likeness (QED) is 0.379. The third-order valence-corrected chi connectivity index (χ3v) is 6.36. The van der Waals surface area contributed by atoms with Crippen LogP contribution in [-0.2, 0) is 11.3 Å². The number of rotatable bonds is 5. The SMILES string of the molecule is CCOCCn1c(=NC(=O)c2ccccc2Br)sc2c3ccccc3ccc21. The van der Waals surface area contributed by atoms with E-state index in [1.807, 2.05) is 37.3 Å². The largest absolute Gasteiger partial charge is 0.380 e. The number of carbonyl (C=O) groups is 1. The summed E-state index contributed by atoms with van der Waals surface area (Å²) in [5.74, 6) is -0.256. The van der Waals surface area contributed by atoms with Gasteiger partial charge in [-0.05, 0) is 46.4 Å². The van der Waals surface area contributed by atoms with Gasteiger partial charge in [-0.3, -0.25) is 4.79 Å². The zero-order valence-electron chi connectivity index (χ0n) is 15.4. The van der Waals surface area contributed by atoms with E-state index in [4.69, 9.17) is 4.74 Å². The van der Waals surface area contributed by atoms with E-state index in [2.05, 4.69) is 49.8 Å². The van der Waals surface area contributed by atoms with Gasteiger partial charge in [0, 0.05) is 23.0 Å². The molecule has 0 saturated heterocycles. The van der Waals surface area contributed by atoms with E-state index in [0.29, 0.717) is 30.1 Å². The maximum atomic E-state index is 12.8. The highest BCUT2D eigenvalue weighted by Crippen LogP contribution is 2.27. The molecule has 0 unspecified atom stereocenters. The fraction of sp³-hybridized carbons (Fsp3) is 0.182. The predicted molar refractivity (Wildman–Crippen MR) is 118 cm³/mol. The molecule has 1 heterocycles. The van der Waals surface area contributed by atoms with Crippen LogP contribution < -0.4 is 4.80 Å². The number of ether oxygens (including phenoxy) is 1. The van der Waals surface area contributed by atoms with Crippen molar-refractivity contribution in [1.82, 2.24) is 4.57 Å². The van der Waals surface area contributed by atoms with Gasteiger partial charge in [0.15, 0.2) is 4.80 Å². The molecule has 0 fully saturated rings. The van der Waals surface area contributed by atoms with Crippen LogP contribution in [0.5, 0.6) is 0 Å². The van der Waals surface area contributed by atoms with Crippen LogP contribution >= 0.6 is 27.3 Å². The van der Waals surface area contributed by atoms with Crippen LogP contribution in [0.15, 0.2) is 70.1 Å². The molecule has 0 spiro atoms. The van der Waals surface area contributed by atoms with Crippen molar-refractivity contribution in [3.05, 3.63) is 75.5 Å². The van der Waals surface area contributed by atoms with Crippen molar-refractivity contribution in [2.45, 2.75) is 13.5 Å². The summed E-state index contributed by atoms with van der Waals surface area (Å²) < 4.78 is 9.52. The number of fused-ring (bicyclic) bond motifs is 3. The first-order valence-corrected chi connectivity index (χ1v) is 10.7. The Bertz CT molecular complexity index is 1230. The number of carbonyl (C=O) groups excluding carboxylic acids is 1. The topological polar surface area (TPSA) is 43.6 Å². The Kier molecular flexibility index (Phi) is 5.71. The van der Waals surface area contributed by atoms with Crippen LogP contribution in [0.1, 0.15) is 17.3 Å². The number of aromatic nitrogens is 1. The van der Waals surface area contributed by atoms with Gasteiger partial charge in [0.25, 0.3) is 5.91 Å². The Morgan fingerprint density at radius 2 is 1.89 bits per heavy atom. The maximum absolute atomic E-state index is 12.8. The van der Waals surface area contributed by atoms with E-state index >= 15 is 0 Å². The lowest BCUT2D eigenvalue weighted by Crippen LogP contribution is -2.19. The lowest BCUT2D eigenvalue weighted by Gasteiger charge is -2.06. The molecule has 0 saturated carbocycles. The van der Waals surface area contributed by atoms with Crippen molar-refractivity contribution in [3.8, 4) is 0 Å². The molecule has 0 radical (unpaired) electrons. The fourth-order valence-electron chi connectivity index (χ4n) is 3.18. The highest BCUT2D eigenvalue weighted by atomic mass is 79.9. The summed E-state index contributed by atoms with van der Waals surface area (Å²) in [7, 11) is 0. The summed E-state index contributed by atoms with van der Waals surface area (Å²) in [5.41, 5.74) is 1.63. The van der Waals surface area contributed by atoms with Crippen LogP contribution in [0.25, 0.3) is 21.0 Å². The lowest BCUT2D eigenvalue weighted by molar-refractivity contribution is 0.0996. The Balaban J connectivity index is 1.90. The number of hydrogen-bond donors (Lipinski definition) is 0. The third kappa shape index (κ3) is 3.68. The first-order valence-electron chi connectivity index (χ1n) is 9.11. The molecule has 0 aliphatic rings. The molecule has 3 aromatic carbocycles. The standard InChI is InChI=1S/C22H19BrN2O2S/c1-2-27-14-13-25-19-12-11-15-7-3-4-8-16(15)20(19)28-22(25)24-21(26)17-9-5-6-10-18(17)23/h3-12H,2,13-14H2,1H3. The Labute approximate surface area is 175 Å². The van der Waals surface area contributed by atoms with Crippen LogP contribution in [0.4, 0.5) is 0 Å². The smallest absolute Gasteiger partial charge is 0.280 e. The Hall–Kier alpha value is -2.28. The average Bonchev–Trinajstić information content (AvgIpc) is 3.06. The molecule has 4 rings (SSSR count). The van der Waals surface area contributed by atoms with E-state index in [1.165, 1.54) is 10.8 Å². The first-order chi connectivity index (χ1) is 13.7. The van der Waals surface area contributed by atoms with Crippen molar-refractivity contribution in [1.29, 1.82) is 0 Å². The molecule has 0 aliphatic carbocycles. The zero-order chi connectivity index (χ0) is 19.5. The molecule has 0 aliphatic heterocycles. The molecule has 1 amide bonds. The van der Waals surface area contributed by atoms with Crippen molar-refractivity contribution >= 4 is 54.2 Å². The molecule has 0 atom stereocenters. The van der Waals surface area contributed by atoms with Crippen LogP contribution in [-0.4, -0.2) is 23.7 Å². The van der Waals surface area contributed by atoms with Gasteiger partial charge in [-0.15, -0.1) is 0 Å². The van der Waals surface area contributed by atoms with Gasteiger partial charge in [-0.2, -0.15) is 4.99 Å². The number of halogens is 1. The average molecular weight is 455 g/mol. The van der Waals surface area contributed by atoms with Crippen molar-refractivity contribution in [2.24, 2.45) is 4.99 Å². The summed E-state index contributed by atoms with van der Waals surface area (Å²) in [5, 5.41) is 2.35. The van der Waals surface area contributed by atoms with Gasteiger partial charge in [0.05, 0.1) is 22.4 Å². The van der Waals surface area contributed by atoms with Crippen molar-refractivity contribution in [3.63, 3.8) is 0 Å². The second-order valence-electron chi connectivity index (χ2n) is 6.26. The van der Waals surface area contributed by atoms with Crippen LogP contribution in [0, 0.1) is 0 Å². The van der Waals surface area contributed by atoms with Crippen LogP contribution in [0.3, 0.4) is 0 Å². The summed E-state index contributed by atoms with van der Waals surface area (Å²) in [6.45, 7) is 3.86. The van der Waals surface area contributed by atoms with Crippen LogP contribution in [0.2, 0.25) is 0 Å². The molecule has 28 heavy (non-hydrogen) atoms. The summed E-state index contributed by atoms with van der Waals surface area (Å²) in [4.78, 5) is 18.0. The minimum atomic E-state index is -0.256. The Morgan fingerprint density at radius 1 is 1.11 bits per heavy atom. The molecule has 4 nitrogen and oxygen atoms in total. The maximum Gasteiger partial charge on any atom is 0.280 e. The summed E-state index contributed by atoms with van der Waals surface area (Å²) in [6, 6.07) is 19.9. The molecule has 1 aromatic heterocycles. The molecule has 6 heteroatoms. The number of amides is 1. The molecule has 0 N–H and O–H groups in total. The Morgan fingerprint density at radius 3 is 2.71 bits per heavy atom. The minimum absolute atomic E-state index is 0.256. The number of benzene rings is 3. The van der Waals surface area contributed by atoms with E-state index in [1.54, 1.807) is 17.4 Å². The monoisotopic (exact) mass is 454 g/mol. The van der Waals surface area contributed by atoms with E-state index in [9.17, 15) is 4.79 Å².